The van der Waals surface area contributed by atoms with Crippen LogP contribution < -0.4 is 10.5 Å². The van der Waals surface area contributed by atoms with E-state index in [9.17, 15) is 4.79 Å². The van der Waals surface area contributed by atoms with E-state index in [0.717, 1.165) is 5.69 Å². The van der Waals surface area contributed by atoms with Crippen LogP contribution in [-0.4, -0.2) is 20.9 Å². The highest BCUT2D eigenvalue weighted by atomic mass is 16.5. The molecular formula is C12H13N3O3. The maximum atomic E-state index is 11.1. The van der Waals surface area contributed by atoms with Crippen LogP contribution >= 0.6 is 0 Å². The van der Waals surface area contributed by atoms with Crippen molar-refractivity contribution in [2.75, 3.05) is 5.73 Å². The molecule has 6 heteroatoms. The summed E-state index contributed by atoms with van der Waals surface area (Å²) in [6.45, 7) is 1.83. The number of aromatic carboxylic acids is 1. The van der Waals surface area contributed by atoms with Gasteiger partial charge in [-0.05, 0) is 25.1 Å². The first kappa shape index (κ1) is 12.0. The molecule has 0 saturated carbocycles. The highest BCUT2D eigenvalue weighted by molar-refractivity contribution is 5.92. The number of rotatable bonds is 3. The van der Waals surface area contributed by atoms with Crippen molar-refractivity contribution >= 4 is 11.7 Å². The number of carbonyl (C=O) groups is 1. The fourth-order valence-electron chi connectivity index (χ4n) is 1.60. The topological polar surface area (TPSA) is 90.4 Å². The third kappa shape index (κ3) is 2.27. The first-order valence-corrected chi connectivity index (χ1v) is 5.28. The maximum absolute atomic E-state index is 11.1. The SMILES string of the molecule is Cc1cc(Oc2ccc(N)cc2C(=O)O)n(C)n1. The summed E-state index contributed by atoms with van der Waals surface area (Å²) in [4.78, 5) is 11.1. The molecule has 18 heavy (non-hydrogen) atoms. The van der Waals surface area contributed by atoms with Crippen LogP contribution in [-0.2, 0) is 7.05 Å². The Morgan fingerprint density at radius 2 is 2.17 bits per heavy atom. The van der Waals surface area contributed by atoms with Crippen LogP contribution in [0.25, 0.3) is 0 Å². The average Bonchev–Trinajstić information content (AvgIpc) is 2.60. The molecule has 0 amide bonds. The summed E-state index contributed by atoms with van der Waals surface area (Å²) < 4.78 is 7.08. The molecule has 0 unspecified atom stereocenters. The molecule has 1 aromatic carbocycles. The van der Waals surface area contributed by atoms with Crippen molar-refractivity contribution in [2.24, 2.45) is 7.05 Å². The third-order valence-corrected chi connectivity index (χ3v) is 2.41. The van der Waals surface area contributed by atoms with E-state index >= 15 is 0 Å². The molecule has 6 nitrogen and oxygen atoms in total. The summed E-state index contributed by atoms with van der Waals surface area (Å²) in [6, 6.07) is 6.20. The van der Waals surface area contributed by atoms with Crippen molar-refractivity contribution in [1.29, 1.82) is 0 Å². The van der Waals surface area contributed by atoms with Gasteiger partial charge in [-0.3, -0.25) is 0 Å². The Labute approximate surface area is 104 Å². The molecule has 3 N–H and O–H groups in total. The van der Waals surface area contributed by atoms with E-state index in [0.29, 0.717) is 11.6 Å². The van der Waals surface area contributed by atoms with Gasteiger partial charge >= 0.3 is 5.97 Å². The van der Waals surface area contributed by atoms with Gasteiger partial charge in [0.1, 0.15) is 11.3 Å². The van der Waals surface area contributed by atoms with Crippen LogP contribution in [0.5, 0.6) is 11.6 Å². The number of aromatic nitrogens is 2. The minimum atomic E-state index is -1.09. The monoisotopic (exact) mass is 247 g/mol. The van der Waals surface area contributed by atoms with Gasteiger partial charge in [-0.25, -0.2) is 9.48 Å². The van der Waals surface area contributed by atoms with Gasteiger partial charge in [-0.1, -0.05) is 0 Å². The number of anilines is 1. The zero-order valence-electron chi connectivity index (χ0n) is 10.0. The van der Waals surface area contributed by atoms with Crippen molar-refractivity contribution in [3.05, 3.63) is 35.5 Å². The van der Waals surface area contributed by atoms with Crippen LogP contribution in [0.1, 0.15) is 16.1 Å². The Morgan fingerprint density at radius 1 is 1.44 bits per heavy atom. The van der Waals surface area contributed by atoms with Gasteiger partial charge in [0.25, 0.3) is 0 Å². The summed E-state index contributed by atoms with van der Waals surface area (Å²) in [7, 11) is 1.72. The minimum Gasteiger partial charge on any atom is -0.478 e. The van der Waals surface area contributed by atoms with Gasteiger partial charge in [0.2, 0.25) is 5.88 Å². The summed E-state index contributed by atoms with van der Waals surface area (Å²) >= 11 is 0. The standard InChI is InChI=1S/C12H13N3O3/c1-7-5-11(15(2)14-7)18-10-4-3-8(13)6-9(10)12(16)17/h3-6H,13H2,1-2H3,(H,16,17). The average molecular weight is 247 g/mol. The lowest BCUT2D eigenvalue weighted by Crippen LogP contribution is -2.03. The van der Waals surface area contributed by atoms with Gasteiger partial charge in [-0.2, -0.15) is 5.10 Å². The lowest BCUT2D eigenvalue weighted by atomic mass is 10.2. The second-order valence-corrected chi connectivity index (χ2v) is 3.91. The van der Waals surface area contributed by atoms with Gasteiger partial charge in [0.05, 0.1) is 5.69 Å². The zero-order valence-corrected chi connectivity index (χ0v) is 10.0. The van der Waals surface area contributed by atoms with Crippen molar-refractivity contribution < 1.29 is 14.6 Å². The van der Waals surface area contributed by atoms with E-state index in [4.69, 9.17) is 15.6 Å². The molecule has 1 aromatic heterocycles. The number of nitrogens with two attached hydrogens (primary N) is 1. The Hall–Kier alpha value is -2.50. The number of benzene rings is 1. The molecule has 0 aliphatic carbocycles. The number of hydrogen-bond donors (Lipinski definition) is 2. The molecule has 0 spiro atoms. The lowest BCUT2D eigenvalue weighted by Gasteiger charge is -2.08. The van der Waals surface area contributed by atoms with Crippen molar-refractivity contribution in [2.45, 2.75) is 6.92 Å². The van der Waals surface area contributed by atoms with Crippen molar-refractivity contribution in [1.82, 2.24) is 9.78 Å². The molecule has 0 aliphatic heterocycles. The van der Waals surface area contributed by atoms with Gasteiger partial charge in [0, 0.05) is 18.8 Å². The smallest absolute Gasteiger partial charge is 0.339 e. The summed E-state index contributed by atoms with van der Waals surface area (Å²) in [5, 5.41) is 13.2. The van der Waals surface area contributed by atoms with Crippen molar-refractivity contribution in [3.8, 4) is 11.6 Å². The fraction of sp³-hybridized carbons (Fsp3) is 0.167. The summed E-state index contributed by atoms with van der Waals surface area (Å²) in [6.07, 6.45) is 0. The fourth-order valence-corrected chi connectivity index (χ4v) is 1.60. The van der Waals surface area contributed by atoms with Crippen LogP contribution in [0.4, 0.5) is 5.69 Å². The number of carboxylic acids is 1. The number of nitrogen functional groups attached to an aromatic ring is 1. The van der Waals surface area contributed by atoms with E-state index in [1.165, 1.54) is 16.8 Å². The highest BCUT2D eigenvalue weighted by Crippen LogP contribution is 2.27. The molecule has 0 saturated heterocycles. The second kappa shape index (κ2) is 4.40. The number of carboxylic acid groups (broad SMARTS) is 1. The van der Waals surface area contributed by atoms with E-state index in [1.54, 1.807) is 19.2 Å². The lowest BCUT2D eigenvalue weighted by molar-refractivity contribution is 0.0694. The van der Waals surface area contributed by atoms with E-state index in [1.807, 2.05) is 6.92 Å². The van der Waals surface area contributed by atoms with Crippen LogP contribution in [0.2, 0.25) is 0 Å². The molecule has 1 heterocycles. The second-order valence-electron chi connectivity index (χ2n) is 3.91. The molecule has 0 atom stereocenters. The molecular weight excluding hydrogens is 234 g/mol. The quantitative estimate of drug-likeness (QED) is 0.807. The van der Waals surface area contributed by atoms with Gasteiger partial charge in [0.15, 0.2) is 0 Å². The number of hydrogen-bond acceptors (Lipinski definition) is 4. The van der Waals surface area contributed by atoms with Crippen molar-refractivity contribution in [3.63, 3.8) is 0 Å². The van der Waals surface area contributed by atoms with Crippen LogP contribution in [0.3, 0.4) is 0 Å². The van der Waals surface area contributed by atoms with Gasteiger partial charge < -0.3 is 15.6 Å². The minimum absolute atomic E-state index is 0.0221. The Bertz CT molecular complexity index is 605. The first-order chi connectivity index (χ1) is 8.47. The normalized spacial score (nSPS) is 10.3. The predicted octanol–water partition coefficient (Wildman–Crippen LogP) is 1.80. The highest BCUT2D eigenvalue weighted by Gasteiger charge is 2.14. The van der Waals surface area contributed by atoms with Crippen LogP contribution in [0, 0.1) is 6.92 Å². The maximum Gasteiger partial charge on any atom is 0.339 e. The molecule has 2 aromatic rings. The number of ether oxygens (including phenoxy) is 1. The molecule has 0 bridgehead atoms. The molecule has 0 fully saturated rings. The molecule has 94 valence electrons. The third-order valence-electron chi connectivity index (χ3n) is 2.41. The van der Waals surface area contributed by atoms with Crippen LogP contribution in [0.15, 0.2) is 24.3 Å². The Morgan fingerprint density at radius 3 is 2.72 bits per heavy atom. The zero-order chi connectivity index (χ0) is 13.3. The van der Waals surface area contributed by atoms with E-state index < -0.39 is 5.97 Å². The first-order valence-electron chi connectivity index (χ1n) is 5.28. The number of nitrogens with zero attached hydrogens (tertiary/aromatic N) is 2. The summed E-state index contributed by atoms with van der Waals surface area (Å²) in [5.74, 6) is -0.379. The Kier molecular flexibility index (Phi) is 2.93. The van der Waals surface area contributed by atoms with Gasteiger partial charge in [-0.15, -0.1) is 0 Å². The number of aryl methyl sites for hydroxylation is 2. The molecule has 0 radical (unpaired) electrons. The largest absolute Gasteiger partial charge is 0.478 e. The predicted molar refractivity (Wildman–Crippen MR) is 65.8 cm³/mol. The van der Waals surface area contributed by atoms with E-state index in [2.05, 4.69) is 5.10 Å². The summed E-state index contributed by atoms with van der Waals surface area (Å²) in [5.41, 5.74) is 6.75. The molecule has 2 rings (SSSR count). The Balaban J connectivity index is 2.40. The van der Waals surface area contributed by atoms with E-state index in [-0.39, 0.29) is 11.3 Å². The molecule has 0 aliphatic rings.